The lowest BCUT2D eigenvalue weighted by Gasteiger charge is -2.23. The van der Waals surface area contributed by atoms with Gasteiger partial charge in [0.25, 0.3) is 0 Å². The summed E-state index contributed by atoms with van der Waals surface area (Å²) in [5, 5.41) is 3.63. The van der Waals surface area contributed by atoms with Crippen molar-refractivity contribution in [1.29, 1.82) is 0 Å². The van der Waals surface area contributed by atoms with Crippen LogP contribution in [0.4, 0.5) is 0 Å². The summed E-state index contributed by atoms with van der Waals surface area (Å²) in [6.07, 6.45) is 4.41. The molecule has 0 aliphatic carbocycles. The molecule has 2 aromatic heterocycles. The van der Waals surface area contributed by atoms with Crippen LogP contribution in [0.2, 0.25) is 0 Å². The summed E-state index contributed by atoms with van der Waals surface area (Å²) >= 11 is 1.75. The quantitative estimate of drug-likeness (QED) is 0.925. The van der Waals surface area contributed by atoms with Crippen LogP contribution in [0.5, 0.6) is 0 Å². The third kappa shape index (κ3) is 2.30. The van der Waals surface area contributed by atoms with Crippen LogP contribution in [-0.4, -0.2) is 28.6 Å². The molecule has 0 saturated carbocycles. The van der Waals surface area contributed by atoms with E-state index in [1.54, 1.807) is 11.3 Å². The molecule has 2 aromatic rings. The number of rotatable bonds is 3. The highest BCUT2D eigenvalue weighted by Gasteiger charge is 2.15. The van der Waals surface area contributed by atoms with Gasteiger partial charge in [-0.1, -0.05) is 0 Å². The molecule has 18 heavy (non-hydrogen) atoms. The molecule has 1 N–H and O–H groups in total. The molecule has 5 heteroatoms. The Morgan fingerprint density at radius 3 is 3.00 bits per heavy atom. The van der Waals surface area contributed by atoms with Crippen LogP contribution >= 0.6 is 11.3 Å². The second-order valence-corrected chi connectivity index (χ2v) is 6.12. The summed E-state index contributed by atoms with van der Waals surface area (Å²) in [5.74, 6) is 0. The fourth-order valence-electron chi connectivity index (χ4n) is 2.46. The largest absolute Gasteiger partial charge is 0.381 e. The van der Waals surface area contributed by atoms with Gasteiger partial charge in [0.05, 0.1) is 11.4 Å². The standard InChI is InChI=1S/C13H19N3OS/c1-9-8-16-12(10(2)15-13(16)18-9)7-14-11-3-5-17-6-4-11/h8,11,14H,3-7H2,1-2H3. The minimum atomic E-state index is 0.587. The summed E-state index contributed by atoms with van der Waals surface area (Å²) < 4.78 is 7.60. The van der Waals surface area contributed by atoms with Gasteiger partial charge in [0.1, 0.15) is 0 Å². The Balaban J connectivity index is 1.74. The average Bonchev–Trinajstić information content (AvgIpc) is 2.84. The Morgan fingerprint density at radius 2 is 2.22 bits per heavy atom. The second kappa shape index (κ2) is 4.99. The predicted octanol–water partition coefficient (Wildman–Crippen LogP) is 2.28. The van der Waals surface area contributed by atoms with Crippen LogP contribution in [0.1, 0.15) is 29.1 Å². The van der Waals surface area contributed by atoms with E-state index in [9.17, 15) is 0 Å². The Kier molecular flexibility index (Phi) is 3.37. The van der Waals surface area contributed by atoms with Crippen molar-refractivity contribution in [2.75, 3.05) is 13.2 Å². The van der Waals surface area contributed by atoms with Crippen molar-refractivity contribution < 1.29 is 4.74 Å². The lowest BCUT2D eigenvalue weighted by molar-refractivity contribution is 0.0775. The first-order chi connectivity index (χ1) is 8.74. The molecule has 0 aromatic carbocycles. The molecule has 1 aliphatic rings. The molecule has 0 radical (unpaired) electrons. The number of hydrogen-bond acceptors (Lipinski definition) is 4. The summed E-state index contributed by atoms with van der Waals surface area (Å²) in [5.41, 5.74) is 2.43. The Hall–Kier alpha value is -0.910. The van der Waals surface area contributed by atoms with E-state index in [4.69, 9.17) is 4.74 Å². The summed E-state index contributed by atoms with van der Waals surface area (Å²) in [4.78, 5) is 7.03. The molecular weight excluding hydrogens is 246 g/mol. The molecule has 0 bridgehead atoms. The maximum Gasteiger partial charge on any atom is 0.194 e. The molecule has 4 nitrogen and oxygen atoms in total. The third-order valence-corrected chi connectivity index (χ3v) is 4.42. The molecule has 0 unspecified atom stereocenters. The Morgan fingerprint density at radius 1 is 1.44 bits per heavy atom. The van der Waals surface area contributed by atoms with Gasteiger partial charge in [-0.3, -0.25) is 4.40 Å². The van der Waals surface area contributed by atoms with E-state index in [2.05, 4.69) is 34.7 Å². The molecule has 3 rings (SSSR count). The molecule has 0 amide bonds. The molecule has 1 fully saturated rings. The van der Waals surface area contributed by atoms with Crippen LogP contribution in [0.25, 0.3) is 4.96 Å². The number of ether oxygens (including phenoxy) is 1. The van der Waals surface area contributed by atoms with Gasteiger partial charge in [-0.25, -0.2) is 4.98 Å². The van der Waals surface area contributed by atoms with Gasteiger partial charge >= 0.3 is 0 Å². The topological polar surface area (TPSA) is 38.6 Å². The highest BCUT2D eigenvalue weighted by molar-refractivity contribution is 7.17. The van der Waals surface area contributed by atoms with Gasteiger partial charge in [0, 0.05) is 36.9 Å². The Labute approximate surface area is 111 Å². The summed E-state index contributed by atoms with van der Waals surface area (Å²) in [7, 11) is 0. The van der Waals surface area contributed by atoms with E-state index in [1.807, 2.05) is 0 Å². The van der Waals surface area contributed by atoms with Gasteiger partial charge in [-0.05, 0) is 26.7 Å². The van der Waals surface area contributed by atoms with Gasteiger partial charge in [-0.2, -0.15) is 0 Å². The van der Waals surface area contributed by atoms with E-state index in [0.29, 0.717) is 6.04 Å². The van der Waals surface area contributed by atoms with Crippen molar-refractivity contribution >= 4 is 16.3 Å². The smallest absolute Gasteiger partial charge is 0.194 e. The van der Waals surface area contributed by atoms with Crippen LogP contribution in [0.3, 0.4) is 0 Å². The molecular formula is C13H19N3OS. The van der Waals surface area contributed by atoms with Crippen LogP contribution in [0, 0.1) is 13.8 Å². The van der Waals surface area contributed by atoms with Crippen molar-refractivity contribution in [3.05, 3.63) is 22.5 Å². The van der Waals surface area contributed by atoms with Gasteiger partial charge in [0.15, 0.2) is 4.96 Å². The van der Waals surface area contributed by atoms with Crippen molar-refractivity contribution in [2.24, 2.45) is 0 Å². The number of nitrogens with zero attached hydrogens (tertiary/aromatic N) is 2. The lowest BCUT2D eigenvalue weighted by Crippen LogP contribution is -2.34. The monoisotopic (exact) mass is 265 g/mol. The van der Waals surface area contributed by atoms with Gasteiger partial charge in [-0.15, -0.1) is 11.3 Å². The van der Waals surface area contributed by atoms with Gasteiger partial charge < -0.3 is 10.1 Å². The number of aromatic nitrogens is 2. The lowest BCUT2D eigenvalue weighted by atomic mass is 10.1. The first-order valence-electron chi connectivity index (χ1n) is 6.49. The first kappa shape index (κ1) is 12.1. The second-order valence-electron chi connectivity index (χ2n) is 4.91. The minimum absolute atomic E-state index is 0.587. The molecule has 98 valence electrons. The van der Waals surface area contributed by atoms with Crippen molar-refractivity contribution in [2.45, 2.75) is 39.3 Å². The zero-order valence-corrected chi connectivity index (χ0v) is 11.7. The first-order valence-corrected chi connectivity index (χ1v) is 7.31. The molecule has 1 aliphatic heterocycles. The van der Waals surface area contributed by atoms with E-state index < -0.39 is 0 Å². The fraction of sp³-hybridized carbons (Fsp3) is 0.615. The van der Waals surface area contributed by atoms with Crippen molar-refractivity contribution in [1.82, 2.24) is 14.7 Å². The van der Waals surface area contributed by atoms with Crippen LogP contribution in [-0.2, 0) is 11.3 Å². The minimum Gasteiger partial charge on any atom is -0.381 e. The number of fused-ring (bicyclic) bond motifs is 1. The number of hydrogen-bond donors (Lipinski definition) is 1. The molecule has 0 spiro atoms. The molecule has 1 saturated heterocycles. The zero-order valence-electron chi connectivity index (χ0n) is 10.9. The van der Waals surface area contributed by atoms with Gasteiger partial charge in [0.2, 0.25) is 0 Å². The van der Waals surface area contributed by atoms with Crippen LogP contribution in [0.15, 0.2) is 6.20 Å². The fourth-order valence-corrected chi connectivity index (χ4v) is 3.35. The number of thiazole rings is 1. The normalized spacial score (nSPS) is 17.7. The van der Waals surface area contributed by atoms with E-state index in [1.165, 1.54) is 10.6 Å². The van der Waals surface area contributed by atoms with E-state index >= 15 is 0 Å². The predicted molar refractivity (Wildman–Crippen MR) is 73.2 cm³/mol. The number of aryl methyl sites for hydroxylation is 2. The highest BCUT2D eigenvalue weighted by Crippen LogP contribution is 2.21. The SMILES string of the molecule is Cc1cn2c(CNC3CCOCC3)c(C)nc2s1. The zero-order chi connectivity index (χ0) is 12.5. The maximum absolute atomic E-state index is 5.38. The third-order valence-electron chi connectivity index (χ3n) is 3.52. The number of nitrogens with one attached hydrogen (secondary N) is 1. The number of imidazole rings is 1. The maximum atomic E-state index is 5.38. The van der Waals surface area contributed by atoms with E-state index in [-0.39, 0.29) is 0 Å². The van der Waals surface area contributed by atoms with Crippen molar-refractivity contribution in [3.63, 3.8) is 0 Å². The van der Waals surface area contributed by atoms with Crippen LogP contribution < -0.4 is 5.32 Å². The highest BCUT2D eigenvalue weighted by atomic mass is 32.1. The molecule has 3 heterocycles. The van der Waals surface area contributed by atoms with E-state index in [0.717, 1.165) is 43.3 Å². The van der Waals surface area contributed by atoms with Crippen molar-refractivity contribution in [3.8, 4) is 0 Å². The Bertz CT molecular complexity index is 540. The summed E-state index contributed by atoms with van der Waals surface area (Å²) in [6.45, 7) is 6.89. The molecule has 0 atom stereocenters. The summed E-state index contributed by atoms with van der Waals surface area (Å²) in [6, 6.07) is 0.587. The average molecular weight is 265 g/mol.